The summed E-state index contributed by atoms with van der Waals surface area (Å²) in [6.07, 6.45) is 2.20. The van der Waals surface area contributed by atoms with Gasteiger partial charge in [-0.25, -0.2) is 4.39 Å². The molecule has 0 saturated heterocycles. The standard InChI is InChI=1S/C27H28Cl2FN3O/c1-15(2)11-12-32-26(16(3)4)24-21(31-32)14-23(34)33(22-8-6-7-20(29)25(22)30)27(24)19-10-9-18(28)13-17(19)5/h6-11,13,16,27H,12,14H2,1-5H3. The first-order valence-corrected chi connectivity index (χ1v) is 12.1. The number of nitrogens with zero attached hydrogens (tertiary/aromatic N) is 3. The molecule has 2 aromatic carbocycles. The van der Waals surface area contributed by atoms with Gasteiger partial charge in [0.2, 0.25) is 5.91 Å². The number of hydrogen-bond donors (Lipinski definition) is 0. The Hall–Kier alpha value is -2.63. The van der Waals surface area contributed by atoms with E-state index in [9.17, 15) is 4.79 Å². The summed E-state index contributed by atoms with van der Waals surface area (Å²) in [6, 6.07) is 9.78. The summed E-state index contributed by atoms with van der Waals surface area (Å²) in [6.45, 7) is 10.9. The van der Waals surface area contributed by atoms with Gasteiger partial charge in [0.25, 0.3) is 0 Å². The average Bonchev–Trinajstić information content (AvgIpc) is 3.12. The predicted octanol–water partition coefficient (Wildman–Crippen LogP) is 7.41. The highest BCUT2D eigenvalue weighted by molar-refractivity contribution is 6.31. The van der Waals surface area contributed by atoms with Gasteiger partial charge in [-0.05, 0) is 62.1 Å². The molecule has 0 radical (unpaired) electrons. The van der Waals surface area contributed by atoms with Crippen LogP contribution in [0.4, 0.5) is 10.1 Å². The molecule has 0 bridgehead atoms. The zero-order valence-corrected chi connectivity index (χ0v) is 21.5. The van der Waals surface area contributed by atoms with E-state index in [2.05, 4.69) is 19.9 Å². The molecular formula is C27H28Cl2FN3O. The molecule has 0 fully saturated rings. The van der Waals surface area contributed by atoms with E-state index >= 15 is 4.39 Å². The number of benzene rings is 2. The average molecular weight is 500 g/mol. The van der Waals surface area contributed by atoms with Crippen molar-refractivity contribution in [2.75, 3.05) is 4.90 Å². The number of aromatic nitrogens is 2. The summed E-state index contributed by atoms with van der Waals surface area (Å²) < 4.78 is 17.3. The second kappa shape index (κ2) is 9.55. The summed E-state index contributed by atoms with van der Waals surface area (Å²) in [5.74, 6) is -0.702. The van der Waals surface area contributed by atoms with Crippen LogP contribution in [0.3, 0.4) is 0 Å². The van der Waals surface area contributed by atoms with Crippen molar-refractivity contribution in [1.29, 1.82) is 0 Å². The van der Waals surface area contributed by atoms with E-state index in [1.54, 1.807) is 23.1 Å². The second-order valence-electron chi connectivity index (χ2n) is 9.28. The number of carbonyl (C=O) groups excluding carboxylic acids is 1. The third kappa shape index (κ3) is 4.39. The summed E-state index contributed by atoms with van der Waals surface area (Å²) in [4.78, 5) is 15.1. The molecule has 7 heteroatoms. The van der Waals surface area contributed by atoms with Gasteiger partial charge in [-0.15, -0.1) is 0 Å². The van der Waals surface area contributed by atoms with Gasteiger partial charge in [0.15, 0.2) is 5.82 Å². The largest absolute Gasteiger partial charge is 0.297 e. The molecule has 0 spiro atoms. The van der Waals surface area contributed by atoms with Gasteiger partial charge in [-0.2, -0.15) is 5.10 Å². The van der Waals surface area contributed by atoms with E-state index in [0.29, 0.717) is 11.6 Å². The van der Waals surface area contributed by atoms with Gasteiger partial charge >= 0.3 is 0 Å². The summed E-state index contributed by atoms with van der Waals surface area (Å²) >= 11 is 12.4. The molecule has 2 heterocycles. The molecule has 0 N–H and O–H groups in total. The Bertz CT molecular complexity index is 1290. The Kier molecular flexibility index (Phi) is 6.88. The van der Waals surface area contributed by atoms with Crippen LogP contribution >= 0.6 is 23.2 Å². The first-order chi connectivity index (χ1) is 16.1. The molecule has 1 atom stereocenters. The van der Waals surface area contributed by atoms with E-state index in [-0.39, 0.29) is 29.0 Å². The van der Waals surface area contributed by atoms with Gasteiger partial charge < -0.3 is 0 Å². The molecule has 1 aliphatic rings. The molecule has 4 nitrogen and oxygen atoms in total. The Morgan fingerprint density at radius 1 is 1.24 bits per heavy atom. The molecule has 4 rings (SSSR count). The highest BCUT2D eigenvalue weighted by Gasteiger charge is 2.41. The minimum absolute atomic E-state index is 0.0222. The van der Waals surface area contributed by atoms with Crippen LogP contribution in [-0.4, -0.2) is 15.7 Å². The molecule has 1 aliphatic heterocycles. The van der Waals surface area contributed by atoms with Crippen LogP contribution in [0.5, 0.6) is 0 Å². The maximum atomic E-state index is 15.3. The number of rotatable bonds is 5. The van der Waals surface area contributed by atoms with Gasteiger partial charge in [0, 0.05) is 16.3 Å². The van der Waals surface area contributed by atoms with E-state index in [0.717, 1.165) is 28.1 Å². The van der Waals surface area contributed by atoms with Crippen LogP contribution in [0, 0.1) is 12.7 Å². The Balaban J connectivity index is 2.03. The van der Waals surface area contributed by atoms with Crippen molar-refractivity contribution in [3.63, 3.8) is 0 Å². The highest BCUT2D eigenvalue weighted by Crippen LogP contribution is 2.44. The van der Waals surface area contributed by atoms with Gasteiger partial charge in [-0.1, -0.05) is 60.8 Å². The second-order valence-corrected chi connectivity index (χ2v) is 10.1. The van der Waals surface area contributed by atoms with Crippen molar-refractivity contribution in [3.8, 4) is 0 Å². The molecule has 1 amide bonds. The van der Waals surface area contributed by atoms with E-state index < -0.39 is 11.9 Å². The summed E-state index contributed by atoms with van der Waals surface area (Å²) in [5, 5.41) is 5.45. The number of aryl methyl sites for hydroxylation is 1. The van der Waals surface area contributed by atoms with Crippen LogP contribution < -0.4 is 4.90 Å². The first-order valence-electron chi connectivity index (χ1n) is 11.3. The molecular weight excluding hydrogens is 472 g/mol. The number of amides is 1. The molecule has 178 valence electrons. The number of fused-ring (bicyclic) bond motifs is 1. The lowest BCUT2D eigenvalue weighted by Gasteiger charge is -2.37. The zero-order valence-electron chi connectivity index (χ0n) is 20.0. The lowest BCUT2D eigenvalue weighted by atomic mass is 9.85. The first kappa shape index (κ1) is 24.5. The summed E-state index contributed by atoms with van der Waals surface area (Å²) in [7, 11) is 0. The Morgan fingerprint density at radius 3 is 2.62 bits per heavy atom. The lowest BCUT2D eigenvalue weighted by molar-refractivity contribution is -0.118. The normalized spacial score (nSPS) is 15.6. The van der Waals surface area contributed by atoms with Crippen molar-refractivity contribution in [2.24, 2.45) is 0 Å². The van der Waals surface area contributed by atoms with Crippen LogP contribution in [0.1, 0.15) is 67.7 Å². The van der Waals surface area contributed by atoms with Crippen molar-refractivity contribution >= 4 is 34.8 Å². The van der Waals surface area contributed by atoms with Crippen LogP contribution in [0.15, 0.2) is 48.0 Å². The van der Waals surface area contributed by atoms with E-state index in [1.165, 1.54) is 11.6 Å². The van der Waals surface area contributed by atoms with E-state index in [1.807, 2.05) is 37.6 Å². The van der Waals surface area contributed by atoms with Gasteiger partial charge in [0.05, 0.1) is 35.4 Å². The monoisotopic (exact) mass is 499 g/mol. The molecule has 1 unspecified atom stereocenters. The Morgan fingerprint density at radius 2 is 1.97 bits per heavy atom. The topological polar surface area (TPSA) is 38.1 Å². The maximum absolute atomic E-state index is 15.3. The molecule has 3 aromatic rings. The fraction of sp³-hybridized carbons (Fsp3) is 0.333. The summed E-state index contributed by atoms with van der Waals surface area (Å²) in [5.41, 5.74) is 5.85. The van der Waals surface area contributed by atoms with Crippen molar-refractivity contribution in [2.45, 2.75) is 59.5 Å². The third-order valence-electron chi connectivity index (χ3n) is 6.16. The minimum Gasteiger partial charge on any atom is -0.297 e. The lowest BCUT2D eigenvalue weighted by Crippen LogP contribution is -2.42. The fourth-order valence-electron chi connectivity index (χ4n) is 4.68. The quantitative estimate of drug-likeness (QED) is 0.342. The number of anilines is 1. The molecule has 34 heavy (non-hydrogen) atoms. The van der Waals surface area contributed by atoms with Gasteiger partial charge in [0.1, 0.15) is 0 Å². The minimum atomic E-state index is -0.611. The number of halogens is 3. The maximum Gasteiger partial charge on any atom is 0.234 e. The van der Waals surface area contributed by atoms with Crippen LogP contribution in [0.25, 0.3) is 0 Å². The van der Waals surface area contributed by atoms with Crippen LogP contribution in [0.2, 0.25) is 10.0 Å². The molecule has 0 aliphatic carbocycles. The number of allylic oxidation sites excluding steroid dienone is 2. The highest BCUT2D eigenvalue weighted by atomic mass is 35.5. The predicted molar refractivity (Wildman–Crippen MR) is 136 cm³/mol. The third-order valence-corrected chi connectivity index (χ3v) is 6.69. The Labute approximate surface area is 210 Å². The van der Waals surface area contributed by atoms with Crippen LogP contribution in [-0.2, 0) is 17.8 Å². The molecule has 1 aromatic heterocycles. The SMILES string of the molecule is CC(C)=CCn1nc2c(c1C(C)C)C(c1ccc(Cl)cc1C)N(c1cccc(Cl)c1F)C(=O)C2. The van der Waals surface area contributed by atoms with Crippen molar-refractivity contribution in [1.82, 2.24) is 9.78 Å². The smallest absolute Gasteiger partial charge is 0.234 e. The van der Waals surface area contributed by atoms with E-state index in [4.69, 9.17) is 28.3 Å². The van der Waals surface area contributed by atoms with Crippen molar-refractivity contribution < 1.29 is 9.18 Å². The number of hydrogen-bond acceptors (Lipinski definition) is 2. The molecule has 0 saturated carbocycles. The van der Waals surface area contributed by atoms with Crippen molar-refractivity contribution in [3.05, 3.63) is 92.0 Å². The fourth-order valence-corrected chi connectivity index (χ4v) is 5.08. The zero-order chi connectivity index (χ0) is 24.7. The number of carbonyl (C=O) groups is 1. The van der Waals surface area contributed by atoms with Gasteiger partial charge in [-0.3, -0.25) is 14.4 Å².